The standard InChI is InChI=1S/C24H26IN3O2/c1-23(2,3)30-22(29)28-20-17(9-7-10-18(20)25)24(13-15-26(4)21(24)28)27-14-12-16-8-5-6-11-19(16)27/h5-12,14,21H,13,15H2,1-4H3/t21-,24-/m1/s1. The van der Waals surface area contributed by atoms with Gasteiger partial charge in [0.1, 0.15) is 17.3 Å². The maximum absolute atomic E-state index is 13.5. The lowest BCUT2D eigenvalue weighted by atomic mass is 9.88. The van der Waals surface area contributed by atoms with Crippen LogP contribution in [-0.2, 0) is 10.3 Å². The second-order valence-electron chi connectivity index (χ2n) is 9.26. The lowest BCUT2D eigenvalue weighted by Gasteiger charge is -2.38. The normalized spacial score (nSPS) is 23.6. The van der Waals surface area contributed by atoms with E-state index in [1.165, 1.54) is 16.5 Å². The molecule has 0 N–H and O–H groups in total. The van der Waals surface area contributed by atoms with Crippen molar-refractivity contribution in [3.8, 4) is 0 Å². The summed E-state index contributed by atoms with van der Waals surface area (Å²) in [5, 5.41) is 1.21. The number of fused-ring (bicyclic) bond motifs is 4. The molecule has 2 atom stereocenters. The van der Waals surface area contributed by atoms with Crippen molar-refractivity contribution in [2.75, 3.05) is 18.5 Å². The Hall–Kier alpha value is -2.06. The van der Waals surface area contributed by atoms with Gasteiger partial charge in [0.05, 0.1) is 5.69 Å². The van der Waals surface area contributed by atoms with Gasteiger partial charge in [-0.25, -0.2) is 4.79 Å². The lowest BCUT2D eigenvalue weighted by molar-refractivity contribution is 0.0521. The van der Waals surface area contributed by atoms with Crippen LogP contribution in [0.5, 0.6) is 0 Å². The number of anilines is 1. The van der Waals surface area contributed by atoms with Crippen molar-refractivity contribution in [1.29, 1.82) is 0 Å². The number of ether oxygens (including phenoxy) is 1. The highest BCUT2D eigenvalue weighted by Gasteiger charge is 2.60. The van der Waals surface area contributed by atoms with E-state index in [1.807, 2.05) is 25.7 Å². The van der Waals surface area contributed by atoms with Crippen LogP contribution >= 0.6 is 22.6 Å². The maximum Gasteiger partial charge on any atom is 0.416 e. The molecule has 5 nitrogen and oxygen atoms in total. The fraction of sp³-hybridized carbons (Fsp3) is 0.375. The number of benzene rings is 2. The van der Waals surface area contributed by atoms with E-state index >= 15 is 0 Å². The number of carbonyl (C=O) groups is 1. The smallest absolute Gasteiger partial charge is 0.416 e. The predicted molar refractivity (Wildman–Crippen MR) is 128 cm³/mol. The summed E-state index contributed by atoms with van der Waals surface area (Å²) in [5.74, 6) is 0. The Morgan fingerprint density at radius 1 is 1.13 bits per heavy atom. The number of carbonyl (C=O) groups excluding carboxylic acids is 1. The number of aromatic nitrogens is 1. The van der Waals surface area contributed by atoms with E-state index in [4.69, 9.17) is 4.74 Å². The second-order valence-corrected chi connectivity index (χ2v) is 10.4. The molecule has 2 aromatic carbocycles. The van der Waals surface area contributed by atoms with Crippen molar-refractivity contribution >= 4 is 45.3 Å². The summed E-state index contributed by atoms with van der Waals surface area (Å²) in [7, 11) is 2.11. The Bertz CT molecular complexity index is 1150. The van der Waals surface area contributed by atoms with E-state index in [1.54, 1.807) is 0 Å². The first-order valence-electron chi connectivity index (χ1n) is 10.3. The molecule has 0 saturated carbocycles. The number of hydrogen-bond acceptors (Lipinski definition) is 3. The van der Waals surface area contributed by atoms with Gasteiger partial charge < -0.3 is 9.30 Å². The first-order chi connectivity index (χ1) is 14.2. The highest BCUT2D eigenvalue weighted by Crippen LogP contribution is 2.55. The van der Waals surface area contributed by atoms with Crippen LogP contribution in [0.3, 0.4) is 0 Å². The number of halogens is 1. The Labute approximate surface area is 190 Å². The predicted octanol–water partition coefficient (Wildman–Crippen LogP) is 5.41. The topological polar surface area (TPSA) is 37.7 Å². The molecule has 0 aliphatic carbocycles. The zero-order valence-electron chi connectivity index (χ0n) is 17.7. The molecule has 3 heterocycles. The number of hydrogen-bond donors (Lipinski definition) is 0. The molecule has 5 rings (SSSR count). The van der Waals surface area contributed by atoms with Gasteiger partial charge >= 0.3 is 6.09 Å². The molecule has 2 aliphatic heterocycles. The Kier molecular flexibility index (Phi) is 4.45. The van der Waals surface area contributed by atoms with Crippen LogP contribution in [0.25, 0.3) is 10.9 Å². The Morgan fingerprint density at radius 3 is 2.67 bits per heavy atom. The average Bonchev–Trinajstić information content (AvgIpc) is 3.32. The van der Waals surface area contributed by atoms with Crippen LogP contribution in [0, 0.1) is 3.57 Å². The van der Waals surface area contributed by atoms with Crippen molar-refractivity contribution in [2.45, 2.75) is 44.5 Å². The van der Waals surface area contributed by atoms with Crippen LogP contribution in [0.4, 0.5) is 10.5 Å². The Morgan fingerprint density at radius 2 is 1.90 bits per heavy atom. The summed E-state index contributed by atoms with van der Waals surface area (Å²) < 4.78 is 9.34. The minimum Gasteiger partial charge on any atom is -0.443 e. The average molecular weight is 515 g/mol. The van der Waals surface area contributed by atoms with Gasteiger partial charge in [-0.15, -0.1) is 0 Å². The molecule has 6 heteroatoms. The summed E-state index contributed by atoms with van der Waals surface area (Å²) in [6, 6.07) is 17.0. The lowest BCUT2D eigenvalue weighted by Crippen LogP contribution is -2.54. The third-order valence-corrected chi connectivity index (χ3v) is 7.12. The summed E-state index contributed by atoms with van der Waals surface area (Å²) in [6.07, 6.45) is 2.68. The summed E-state index contributed by atoms with van der Waals surface area (Å²) in [4.78, 5) is 17.7. The van der Waals surface area contributed by atoms with Gasteiger partial charge in [0.2, 0.25) is 0 Å². The zero-order chi connectivity index (χ0) is 21.3. The van der Waals surface area contributed by atoms with Gasteiger partial charge in [-0.05, 0) is 80.4 Å². The molecule has 0 bridgehead atoms. The molecule has 1 aromatic heterocycles. The molecule has 0 radical (unpaired) electrons. The number of nitrogens with zero attached hydrogens (tertiary/aromatic N) is 3. The third kappa shape index (κ3) is 2.73. The van der Waals surface area contributed by atoms with Gasteiger partial charge in [0.25, 0.3) is 0 Å². The first-order valence-corrected chi connectivity index (χ1v) is 11.4. The van der Waals surface area contributed by atoms with Crippen LogP contribution in [0.2, 0.25) is 0 Å². The molecule has 1 amide bonds. The largest absolute Gasteiger partial charge is 0.443 e. The molecular formula is C24H26IN3O2. The number of amides is 1. The molecular weight excluding hydrogens is 489 g/mol. The van der Waals surface area contributed by atoms with E-state index in [0.29, 0.717) is 0 Å². The van der Waals surface area contributed by atoms with Crippen LogP contribution in [0.1, 0.15) is 32.8 Å². The molecule has 2 aliphatic rings. The van der Waals surface area contributed by atoms with Gasteiger partial charge in [0.15, 0.2) is 0 Å². The van der Waals surface area contributed by atoms with Crippen molar-refractivity contribution in [3.05, 3.63) is 63.9 Å². The highest BCUT2D eigenvalue weighted by molar-refractivity contribution is 14.1. The van der Waals surface area contributed by atoms with E-state index < -0.39 is 5.60 Å². The Balaban J connectivity index is 1.78. The van der Waals surface area contributed by atoms with Gasteiger partial charge in [-0.2, -0.15) is 0 Å². The summed E-state index contributed by atoms with van der Waals surface area (Å²) in [5.41, 5.74) is 2.44. The van der Waals surface area contributed by atoms with Crippen LogP contribution < -0.4 is 4.90 Å². The van der Waals surface area contributed by atoms with Crippen LogP contribution in [-0.4, -0.2) is 40.9 Å². The minimum absolute atomic E-state index is 0.144. The summed E-state index contributed by atoms with van der Waals surface area (Å²) >= 11 is 2.34. The van der Waals surface area contributed by atoms with Crippen molar-refractivity contribution in [3.63, 3.8) is 0 Å². The quantitative estimate of drug-likeness (QED) is 0.407. The van der Waals surface area contributed by atoms with Crippen LogP contribution in [0.15, 0.2) is 54.7 Å². The number of rotatable bonds is 1. The molecule has 0 spiro atoms. The van der Waals surface area contributed by atoms with E-state index in [9.17, 15) is 4.79 Å². The fourth-order valence-electron chi connectivity index (χ4n) is 5.19. The van der Waals surface area contributed by atoms with E-state index in [-0.39, 0.29) is 17.8 Å². The third-order valence-electron chi connectivity index (χ3n) is 6.25. The molecule has 1 saturated heterocycles. The number of likely N-dealkylation sites (tertiary alicyclic amines) is 1. The number of para-hydroxylation sites is 2. The van der Waals surface area contributed by atoms with Gasteiger partial charge in [-0.1, -0.05) is 30.3 Å². The maximum atomic E-state index is 13.5. The summed E-state index contributed by atoms with van der Waals surface area (Å²) in [6.45, 7) is 6.66. The monoisotopic (exact) mass is 515 g/mol. The van der Waals surface area contributed by atoms with Gasteiger partial charge in [-0.3, -0.25) is 9.80 Å². The van der Waals surface area contributed by atoms with E-state index in [2.05, 4.69) is 93.8 Å². The fourth-order valence-corrected chi connectivity index (χ4v) is 5.94. The molecule has 30 heavy (non-hydrogen) atoms. The first kappa shape index (κ1) is 19.9. The SMILES string of the molecule is CN1CC[C@@]2(n3ccc4ccccc43)c3cccc(I)c3N(C(=O)OC(C)(C)C)[C@@H]12. The second kappa shape index (κ2) is 6.72. The van der Waals surface area contributed by atoms with Crippen molar-refractivity contribution in [1.82, 2.24) is 9.47 Å². The molecule has 0 unspecified atom stereocenters. The molecule has 156 valence electrons. The van der Waals surface area contributed by atoms with Crippen molar-refractivity contribution in [2.24, 2.45) is 0 Å². The molecule has 1 fully saturated rings. The molecule has 3 aromatic rings. The van der Waals surface area contributed by atoms with E-state index in [0.717, 1.165) is 22.2 Å². The van der Waals surface area contributed by atoms with Gasteiger partial charge in [0, 0.05) is 27.4 Å². The zero-order valence-corrected chi connectivity index (χ0v) is 19.9. The minimum atomic E-state index is -0.556. The number of likely N-dealkylation sites (N-methyl/N-ethyl adjacent to an activating group) is 1. The highest BCUT2D eigenvalue weighted by atomic mass is 127. The van der Waals surface area contributed by atoms with Crippen molar-refractivity contribution < 1.29 is 9.53 Å².